The maximum absolute atomic E-state index is 10.7. The van der Waals surface area contributed by atoms with Gasteiger partial charge in [0.05, 0.1) is 24.3 Å². The van der Waals surface area contributed by atoms with E-state index >= 15 is 0 Å². The van der Waals surface area contributed by atoms with Crippen LogP contribution >= 0.6 is 11.8 Å². The summed E-state index contributed by atoms with van der Waals surface area (Å²) in [5.74, 6) is 1.14. The first-order valence-electron chi connectivity index (χ1n) is 6.28. The molecule has 110 valence electrons. The van der Waals surface area contributed by atoms with Crippen LogP contribution in [0.3, 0.4) is 0 Å². The molecule has 0 fully saturated rings. The molecule has 0 spiro atoms. The van der Waals surface area contributed by atoms with Gasteiger partial charge < -0.3 is 14.6 Å². The van der Waals surface area contributed by atoms with Crippen molar-refractivity contribution in [3.8, 4) is 11.5 Å². The zero-order valence-corrected chi connectivity index (χ0v) is 12.3. The highest BCUT2D eigenvalue weighted by molar-refractivity contribution is 7.99. The number of rotatable bonds is 7. The zero-order chi connectivity index (χ0) is 15.1. The number of carbonyl (C=O) groups is 1. The molecular weight excluding hydrogens is 290 g/mol. The summed E-state index contributed by atoms with van der Waals surface area (Å²) in [5.41, 5.74) is 0.185. The lowest BCUT2D eigenvalue weighted by Gasteiger charge is -2.09. The number of aromatic nitrogens is 1. The Balaban J connectivity index is 1.80. The number of ether oxygens (including phenoxy) is 2. The van der Waals surface area contributed by atoms with E-state index in [1.54, 1.807) is 19.2 Å². The number of hydrogen-bond donors (Lipinski definition) is 1. The van der Waals surface area contributed by atoms with E-state index in [1.807, 2.05) is 24.3 Å². The van der Waals surface area contributed by atoms with Crippen molar-refractivity contribution >= 4 is 17.7 Å². The van der Waals surface area contributed by atoms with E-state index in [2.05, 4.69) is 4.98 Å². The largest absolute Gasteiger partial charge is 0.493 e. The molecule has 2 rings (SSSR count). The fourth-order valence-electron chi connectivity index (χ4n) is 1.63. The van der Waals surface area contributed by atoms with Gasteiger partial charge in [0.2, 0.25) is 0 Å². The van der Waals surface area contributed by atoms with Crippen LogP contribution in [0.1, 0.15) is 10.4 Å². The number of thioether (sulfide) groups is 1. The Labute approximate surface area is 126 Å². The predicted octanol–water partition coefficient (Wildman–Crippen LogP) is 2.96. The van der Waals surface area contributed by atoms with Crippen molar-refractivity contribution < 1.29 is 19.4 Å². The second kappa shape index (κ2) is 7.54. The van der Waals surface area contributed by atoms with Crippen molar-refractivity contribution in [2.75, 3.05) is 19.5 Å². The summed E-state index contributed by atoms with van der Waals surface area (Å²) in [4.78, 5) is 14.8. The highest BCUT2D eigenvalue weighted by Crippen LogP contribution is 2.26. The lowest BCUT2D eigenvalue weighted by atomic mass is 10.3. The Morgan fingerprint density at radius 3 is 2.62 bits per heavy atom. The molecule has 0 aliphatic carbocycles. The summed E-state index contributed by atoms with van der Waals surface area (Å²) in [6.45, 7) is 0.507. The van der Waals surface area contributed by atoms with Gasteiger partial charge in [0.25, 0.3) is 0 Å². The SMILES string of the molecule is COc1ccccc1OCCSc1ccc(C(=O)O)cn1. The lowest BCUT2D eigenvalue weighted by Crippen LogP contribution is -2.02. The first-order chi connectivity index (χ1) is 10.2. The van der Waals surface area contributed by atoms with Gasteiger partial charge in [-0.25, -0.2) is 9.78 Å². The van der Waals surface area contributed by atoms with Crippen molar-refractivity contribution in [1.29, 1.82) is 0 Å². The van der Waals surface area contributed by atoms with Crippen LogP contribution in [0.2, 0.25) is 0 Å². The molecule has 0 atom stereocenters. The third-order valence-electron chi connectivity index (χ3n) is 2.64. The van der Waals surface area contributed by atoms with E-state index in [0.29, 0.717) is 23.9 Å². The fraction of sp³-hybridized carbons (Fsp3) is 0.200. The van der Waals surface area contributed by atoms with Gasteiger partial charge in [-0.2, -0.15) is 0 Å². The minimum absolute atomic E-state index is 0.185. The Morgan fingerprint density at radius 1 is 1.24 bits per heavy atom. The van der Waals surface area contributed by atoms with Crippen LogP contribution in [0.4, 0.5) is 0 Å². The molecule has 0 bridgehead atoms. The van der Waals surface area contributed by atoms with Crippen LogP contribution in [-0.4, -0.2) is 35.5 Å². The second-order valence-electron chi connectivity index (χ2n) is 4.04. The van der Waals surface area contributed by atoms with Gasteiger partial charge in [-0.15, -0.1) is 11.8 Å². The summed E-state index contributed by atoms with van der Waals surface area (Å²) in [7, 11) is 1.60. The summed E-state index contributed by atoms with van der Waals surface area (Å²) < 4.78 is 10.8. The van der Waals surface area contributed by atoms with Crippen LogP contribution in [0.15, 0.2) is 47.6 Å². The van der Waals surface area contributed by atoms with Crippen LogP contribution in [0.25, 0.3) is 0 Å². The lowest BCUT2D eigenvalue weighted by molar-refractivity contribution is 0.0696. The van der Waals surface area contributed by atoms with Gasteiger partial charge in [0.1, 0.15) is 0 Å². The Kier molecular flexibility index (Phi) is 5.45. The average molecular weight is 305 g/mol. The summed E-state index contributed by atoms with van der Waals surface area (Å²) >= 11 is 1.50. The number of hydrogen-bond acceptors (Lipinski definition) is 5. The molecule has 0 amide bonds. The van der Waals surface area contributed by atoms with Gasteiger partial charge in [-0.3, -0.25) is 0 Å². The highest BCUT2D eigenvalue weighted by atomic mass is 32.2. The molecule has 2 aromatic rings. The minimum Gasteiger partial charge on any atom is -0.493 e. The molecule has 0 saturated heterocycles. The van der Waals surface area contributed by atoms with Gasteiger partial charge in [-0.05, 0) is 24.3 Å². The number of methoxy groups -OCH3 is 1. The van der Waals surface area contributed by atoms with Gasteiger partial charge in [0, 0.05) is 11.9 Å². The van der Waals surface area contributed by atoms with E-state index < -0.39 is 5.97 Å². The van der Waals surface area contributed by atoms with Crippen molar-refractivity contribution in [3.05, 3.63) is 48.2 Å². The molecule has 0 aliphatic rings. The normalized spacial score (nSPS) is 10.1. The maximum atomic E-state index is 10.7. The minimum atomic E-state index is -0.974. The smallest absolute Gasteiger partial charge is 0.337 e. The Bertz CT molecular complexity index is 601. The third-order valence-corrected chi connectivity index (χ3v) is 3.55. The van der Waals surface area contributed by atoms with Crippen molar-refractivity contribution in [2.24, 2.45) is 0 Å². The topological polar surface area (TPSA) is 68.7 Å². The second-order valence-corrected chi connectivity index (χ2v) is 5.15. The standard InChI is InChI=1S/C15H15NO4S/c1-19-12-4-2-3-5-13(12)20-8-9-21-14-7-6-11(10-16-14)15(17)18/h2-7,10H,8-9H2,1H3,(H,17,18). The quantitative estimate of drug-likeness (QED) is 0.626. The molecule has 21 heavy (non-hydrogen) atoms. The van der Waals surface area contributed by atoms with Crippen molar-refractivity contribution in [1.82, 2.24) is 4.98 Å². The number of para-hydroxylation sites is 2. The number of carboxylic acids is 1. The number of aromatic carboxylic acids is 1. The molecule has 0 radical (unpaired) electrons. The molecule has 0 saturated carbocycles. The summed E-state index contributed by atoms with van der Waals surface area (Å²) in [6.07, 6.45) is 1.35. The average Bonchev–Trinajstić information content (AvgIpc) is 2.52. The summed E-state index contributed by atoms with van der Waals surface area (Å²) in [5, 5.41) is 9.55. The van der Waals surface area contributed by atoms with Crippen LogP contribution in [0, 0.1) is 0 Å². The van der Waals surface area contributed by atoms with Gasteiger partial charge in [0.15, 0.2) is 11.5 Å². The molecular formula is C15H15NO4S. The van der Waals surface area contributed by atoms with E-state index in [1.165, 1.54) is 18.0 Å². The molecule has 0 unspecified atom stereocenters. The number of nitrogens with zero attached hydrogens (tertiary/aromatic N) is 1. The molecule has 1 aromatic carbocycles. The molecule has 0 aliphatic heterocycles. The monoisotopic (exact) mass is 305 g/mol. The van der Waals surface area contributed by atoms with Gasteiger partial charge in [-0.1, -0.05) is 12.1 Å². The van der Waals surface area contributed by atoms with E-state index in [-0.39, 0.29) is 5.56 Å². The Hall–Kier alpha value is -2.21. The number of carboxylic acid groups (broad SMARTS) is 1. The first kappa shape index (κ1) is 15.2. The molecule has 5 nitrogen and oxygen atoms in total. The van der Waals surface area contributed by atoms with Crippen LogP contribution in [0.5, 0.6) is 11.5 Å². The fourth-order valence-corrected chi connectivity index (χ4v) is 2.30. The molecule has 1 aromatic heterocycles. The number of pyridine rings is 1. The number of benzene rings is 1. The maximum Gasteiger partial charge on any atom is 0.337 e. The third kappa shape index (κ3) is 4.39. The van der Waals surface area contributed by atoms with Crippen molar-refractivity contribution in [2.45, 2.75) is 5.03 Å². The van der Waals surface area contributed by atoms with Gasteiger partial charge >= 0.3 is 5.97 Å². The van der Waals surface area contributed by atoms with E-state index in [9.17, 15) is 4.79 Å². The van der Waals surface area contributed by atoms with E-state index in [0.717, 1.165) is 5.03 Å². The predicted molar refractivity (Wildman–Crippen MR) is 80.4 cm³/mol. The molecule has 1 N–H and O–H groups in total. The Morgan fingerprint density at radius 2 is 2.00 bits per heavy atom. The first-order valence-corrected chi connectivity index (χ1v) is 7.27. The molecule has 6 heteroatoms. The highest BCUT2D eigenvalue weighted by Gasteiger charge is 2.04. The summed E-state index contributed by atoms with van der Waals surface area (Å²) in [6, 6.07) is 10.7. The van der Waals surface area contributed by atoms with E-state index in [4.69, 9.17) is 14.6 Å². The van der Waals surface area contributed by atoms with Crippen LogP contribution < -0.4 is 9.47 Å². The van der Waals surface area contributed by atoms with Crippen molar-refractivity contribution in [3.63, 3.8) is 0 Å². The molecule has 1 heterocycles. The van der Waals surface area contributed by atoms with Crippen LogP contribution in [-0.2, 0) is 0 Å². The zero-order valence-electron chi connectivity index (χ0n) is 11.5.